The zero-order valence-corrected chi connectivity index (χ0v) is 13.4. The van der Waals surface area contributed by atoms with Crippen molar-refractivity contribution in [2.75, 3.05) is 19.6 Å². The quantitative estimate of drug-likeness (QED) is 0.916. The Bertz CT molecular complexity index is 707. The molecule has 2 aromatic rings. The standard InChI is InChI=1S/C19H23N3O/c1-2-7-16-14-17(10-9-15(16)6-1)19-20-18(23-21-19)8-5-13-22-11-3-4-12-22/h1-2,6-7,9-10,14,19,21H,3-5,8,11-13H2/t19-/m1/s1. The monoisotopic (exact) mass is 309 g/mol. The van der Waals surface area contributed by atoms with Crippen LogP contribution in [0.15, 0.2) is 47.5 Å². The Balaban J connectivity index is 1.38. The maximum absolute atomic E-state index is 5.58. The summed E-state index contributed by atoms with van der Waals surface area (Å²) in [5, 5.41) is 2.49. The molecule has 0 saturated carbocycles. The summed E-state index contributed by atoms with van der Waals surface area (Å²) < 4.78 is 0. The van der Waals surface area contributed by atoms with Crippen LogP contribution in [0.5, 0.6) is 0 Å². The molecule has 1 atom stereocenters. The average molecular weight is 309 g/mol. The summed E-state index contributed by atoms with van der Waals surface area (Å²) in [5.74, 6) is 0.836. The highest BCUT2D eigenvalue weighted by molar-refractivity contribution is 5.83. The Kier molecular flexibility index (Phi) is 4.26. The third-order valence-electron chi connectivity index (χ3n) is 4.71. The van der Waals surface area contributed by atoms with Crippen LogP contribution in [0.4, 0.5) is 0 Å². The van der Waals surface area contributed by atoms with Crippen molar-refractivity contribution in [2.45, 2.75) is 31.8 Å². The molecule has 23 heavy (non-hydrogen) atoms. The minimum atomic E-state index is -0.0820. The number of nitrogens with zero attached hydrogens (tertiary/aromatic N) is 2. The van der Waals surface area contributed by atoms with E-state index < -0.39 is 0 Å². The van der Waals surface area contributed by atoms with E-state index in [1.807, 2.05) is 0 Å². The summed E-state index contributed by atoms with van der Waals surface area (Å²) in [6.45, 7) is 3.67. The van der Waals surface area contributed by atoms with Gasteiger partial charge in [-0.25, -0.2) is 4.99 Å². The van der Waals surface area contributed by atoms with Crippen LogP contribution in [-0.2, 0) is 4.84 Å². The number of fused-ring (bicyclic) bond motifs is 1. The second-order valence-corrected chi connectivity index (χ2v) is 6.40. The molecule has 0 radical (unpaired) electrons. The van der Waals surface area contributed by atoms with E-state index in [-0.39, 0.29) is 6.17 Å². The topological polar surface area (TPSA) is 36.9 Å². The molecule has 0 amide bonds. The first-order valence-corrected chi connectivity index (χ1v) is 8.59. The van der Waals surface area contributed by atoms with E-state index in [4.69, 9.17) is 9.83 Å². The Hall–Kier alpha value is -1.91. The van der Waals surface area contributed by atoms with Crippen LogP contribution >= 0.6 is 0 Å². The number of hydroxylamine groups is 1. The molecule has 4 heteroatoms. The van der Waals surface area contributed by atoms with E-state index in [9.17, 15) is 0 Å². The third-order valence-corrected chi connectivity index (χ3v) is 4.71. The first-order valence-electron chi connectivity index (χ1n) is 8.59. The van der Waals surface area contributed by atoms with Crippen molar-refractivity contribution in [1.82, 2.24) is 10.4 Å². The van der Waals surface area contributed by atoms with Crippen molar-refractivity contribution in [3.63, 3.8) is 0 Å². The molecule has 0 spiro atoms. The molecule has 120 valence electrons. The van der Waals surface area contributed by atoms with Crippen molar-refractivity contribution in [2.24, 2.45) is 4.99 Å². The van der Waals surface area contributed by atoms with E-state index in [1.54, 1.807) is 0 Å². The lowest BCUT2D eigenvalue weighted by Gasteiger charge is -2.13. The molecule has 0 aliphatic carbocycles. The molecule has 0 unspecified atom stereocenters. The fourth-order valence-corrected chi connectivity index (χ4v) is 3.42. The molecule has 2 aliphatic heterocycles. The zero-order chi connectivity index (χ0) is 15.5. The highest BCUT2D eigenvalue weighted by atomic mass is 16.7. The summed E-state index contributed by atoms with van der Waals surface area (Å²) in [6.07, 6.45) is 4.64. The Morgan fingerprint density at radius 1 is 1.09 bits per heavy atom. The van der Waals surface area contributed by atoms with Crippen molar-refractivity contribution in [3.8, 4) is 0 Å². The van der Waals surface area contributed by atoms with Gasteiger partial charge >= 0.3 is 0 Å². The predicted octanol–water partition coefficient (Wildman–Crippen LogP) is 3.65. The normalized spacial score (nSPS) is 21.6. The fourth-order valence-electron chi connectivity index (χ4n) is 3.42. The maximum atomic E-state index is 5.58. The molecule has 2 heterocycles. The largest absolute Gasteiger partial charge is 0.391 e. The molecular weight excluding hydrogens is 286 g/mol. The Morgan fingerprint density at radius 3 is 2.78 bits per heavy atom. The van der Waals surface area contributed by atoms with Crippen LogP contribution in [0.1, 0.15) is 37.4 Å². The van der Waals surface area contributed by atoms with E-state index in [0.29, 0.717) is 0 Å². The minimum absolute atomic E-state index is 0.0820. The lowest BCUT2D eigenvalue weighted by Crippen LogP contribution is -2.21. The summed E-state index contributed by atoms with van der Waals surface area (Å²) >= 11 is 0. The summed E-state index contributed by atoms with van der Waals surface area (Å²) in [7, 11) is 0. The number of aliphatic imine (C=N–C) groups is 1. The van der Waals surface area contributed by atoms with E-state index in [0.717, 1.165) is 30.8 Å². The van der Waals surface area contributed by atoms with Gasteiger partial charge in [-0.05, 0) is 61.3 Å². The molecule has 2 aliphatic rings. The van der Waals surface area contributed by atoms with Crippen molar-refractivity contribution >= 4 is 16.7 Å². The van der Waals surface area contributed by atoms with E-state index in [1.165, 1.54) is 36.7 Å². The first-order chi connectivity index (χ1) is 11.4. The second kappa shape index (κ2) is 6.69. The van der Waals surface area contributed by atoms with Gasteiger partial charge in [0, 0.05) is 6.42 Å². The summed E-state index contributed by atoms with van der Waals surface area (Å²) in [4.78, 5) is 12.8. The molecule has 4 rings (SSSR count). The van der Waals surface area contributed by atoms with Gasteiger partial charge in [0.2, 0.25) is 5.90 Å². The van der Waals surface area contributed by atoms with Crippen LogP contribution in [0.3, 0.4) is 0 Å². The van der Waals surface area contributed by atoms with Gasteiger partial charge in [-0.15, -0.1) is 5.48 Å². The van der Waals surface area contributed by atoms with Gasteiger partial charge < -0.3 is 9.74 Å². The Labute approximate surface area is 137 Å². The van der Waals surface area contributed by atoms with Gasteiger partial charge in [0.25, 0.3) is 0 Å². The van der Waals surface area contributed by atoms with Gasteiger partial charge in [-0.1, -0.05) is 36.4 Å². The summed E-state index contributed by atoms with van der Waals surface area (Å²) in [6, 6.07) is 14.9. The van der Waals surface area contributed by atoms with Crippen LogP contribution in [-0.4, -0.2) is 30.4 Å². The molecule has 4 nitrogen and oxygen atoms in total. The van der Waals surface area contributed by atoms with Gasteiger partial charge in [-0.2, -0.15) is 0 Å². The van der Waals surface area contributed by atoms with Gasteiger partial charge in [0.15, 0.2) is 6.17 Å². The highest BCUT2D eigenvalue weighted by Gasteiger charge is 2.20. The lowest BCUT2D eigenvalue weighted by atomic mass is 10.1. The van der Waals surface area contributed by atoms with Crippen LogP contribution in [0.25, 0.3) is 10.8 Å². The van der Waals surface area contributed by atoms with E-state index >= 15 is 0 Å². The zero-order valence-electron chi connectivity index (χ0n) is 13.4. The summed E-state index contributed by atoms with van der Waals surface area (Å²) in [5.41, 5.74) is 4.20. The van der Waals surface area contributed by atoms with Crippen molar-refractivity contribution < 1.29 is 4.84 Å². The van der Waals surface area contributed by atoms with Gasteiger partial charge in [0.05, 0.1) is 0 Å². The van der Waals surface area contributed by atoms with Crippen molar-refractivity contribution in [3.05, 3.63) is 48.0 Å². The smallest absolute Gasteiger partial charge is 0.211 e. The number of hydrogen-bond donors (Lipinski definition) is 1. The minimum Gasteiger partial charge on any atom is -0.391 e. The fraction of sp³-hybridized carbons (Fsp3) is 0.421. The molecule has 1 saturated heterocycles. The second-order valence-electron chi connectivity index (χ2n) is 6.40. The lowest BCUT2D eigenvalue weighted by molar-refractivity contribution is 0.174. The number of benzene rings is 2. The molecular formula is C19H23N3O. The van der Waals surface area contributed by atoms with Crippen molar-refractivity contribution in [1.29, 1.82) is 0 Å². The van der Waals surface area contributed by atoms with Gasteiger partial charge in [0.1, 0.15) is 0 Å². The molecule has 0 bridgehead atoms. The molecule has 1 fully saturated rings. The molecule has 1 N–H and O–H groups in total. The number of hydrogen-bond acceptors (Lipinski definition) is 4. The third kappa shape index (κ3) is 3.38. The van der Waals surface area contributed by atoms with Crippen LogP contribution in [0.2, 0.25) is 0 Å². The number of nitrogens with one attached hydrogen (secondary N) is 1. The SMILES string of the molecule is c1ccc2cc([C@@H]3N=C(CCCN4CCCC4)ON3)ccc2c1. The average Bonchev–Trinajstić information content (AvgIpc) is 3.26. The number of rotatable bonds is 5. The number of likely N-dealkylation sites (tertiary alicyclic amines) is 1. The van der Waals surface area contributed by atoms with Crippen LogP contribution < -0.4 is 5.48 Å². The first kappa shape index (κ1) is 14.7. The highest BCUT2D eigenvalue weighted by Crippen LogP contribution is 2.24. The Morgan fingerprint density at radius 2 is 1.91 bits per heavy atom. The predicted molar refractivity (Wildman–Crippen MR) is 93.3 cm³/mol. The molecule has 2 aromatic carbocycles. The molecule has 0 aromatic heterocycles. The van der Waals surface area contributed by atoms with Crippen LogP contribution in [0, 0.1) is 0 Å². The maximum Gasteiger partial charge on any atom is 0.211 e. The van der Waals surface area contributed by atoms with E-state index in [2.05, 4.69) is 52.8 Å². The van der Waals surface area contributed by atoms with Gasteiger partial charge in [-0.3, -0.25) is 0 Å².